The van der Waals surface area contributed by atoms with Crippen LogP contribution >= 0.6 is 0 Å². The van der Waals surface area contributed by atoms with Gasteiger partial charge in [0.15, 0.2) is 0 Å². The zero-order valence-electron chi connectivity index (χ0n) is 12.7. The van der Waals surface area contributed by atoms with Crippen molar-refractivity contribution in [1.82, 2.24) is 0 Å². The minimum Gasteiger partial charge on any atom is -0.469 e. The summed E-state index contributed by atoms with van der Waals surface area (Å²) >= 11 is 0. The molecule has 0 heterocycles. The average Bonchev–Trinajstić information content (AvgIpc) is 2.54. The number of carbonyl (C=O) groups excluding carboxylic acids is 1. The third-order valence-electron chi connectivity index (χ3n) is 3.58. The van der Waals surface area contributed by atoms with E-state index in [1.807, 2.05) is 49.4 Å². The fourth-order valence-corrected chi connectivity index (χ4v) is 2.27. The fraction of sp³-hybridized carbons (Fsp3) is 0.211. The van der Waals surface area contributed by atoms with E-state index in [1.165, 1.54) is 18.2 Å². The molecule has 1 atom stereocenters. The van der Waals surface area contributed by atoms with E-state index < -0.39 is 0 Å². The second-order valence-electron chi connectivity index (χ2n) is 5.11. The van der Waals surface area contributed by atoms with Crippen LogP contribution in [0.15, 0.2) is 54.6 Å². The molecule has 0 saturated carbocycles. The van der Waals surface area contributed by atoms with Crippen molar-refractivity contribution < 1.29 is 9.53 Å². The standard InChI is InChI=1S/C19H20O2/c1-14(17-9-5-4-6-10-17)12-16-8-7-11-18(13-16)15(2)19(20)21-3/h4-13,15H,1-3H3/b14-12+/t15-/m0/s1. The zero-order chi connectivity index (χ0) is 15.2. The SMILES string of the molecule is COC(=O)[C@@H](C)c1cccc(/C=C(\C)c2ccccc2)c1. The van der Waals surface area contributed by atoms with Gasteiger partial charge in [-0.15, -0.1) is 0 Å². The number of rotatable bonds is 4. The number of methoxy groups -OCH3 is 1. The summed E-state index contributed by atoms with van der Waals surface area (Å²) in [4.78, 5) is 11.6. The van der Waals surface area contributed by atoms with Gasteiger partial charge in [0.1, 0.15) is 0 Å². The van der Waals surface area contributed by atoms with E-state index in [-0.39, 0.29) is 11.9 Å². The van der Waals surface area contributed by atoms with Crippen molar-refractivity contribution >= 4 is 17.6 Å². The van der Waals surface area contributed by atoms with Crippen molar-refractivity contribution in [3.8, 4) is 0 Å². The van der Waals surface area contributed by atoms with Crippen LogP contribution in [-0.4, -0.2) is 13.1 Å². The molecule has 0 saturated heterocycles. The van der Waals surface area contributed by atoms with Crippen molar-refractivity contribution in [2.45, 2.75) is 19.8 Å². The van der Waals surface area contributed by atoms with E-state index >= 15 is 0 Å². The van der Waals surface area contributed by atoms with Gasteiger partial charge in [-0.25, -0.2) is 0 Å². The smallest absolute Gasteiger partial charge is 0.312 e. The Bertz CT molecular complexity index is 642. The summed E-state index contributed by atoms with van der Waals surface area (Å²) < 4.78 is 4.80. The largest absolute Gasteiger partial charge is 0.469 e. The lowest BCUT2D eigenvalue weighted by atomic mass is 9.97. The molecular formula is C19H20O2. The lowest BCUT2D eigenvalue weighted by molar-refractivity contribution is -0.141. The first-order valence-corrected chi connectivity index (χ1v) is 7.03. The van der Waals surface area contributed by atoms with Crippen LogP contribution < -0.4 is 0 Å². The second kappa shape index (κ2) is 6.89. The van der Waals surface area contributed by atoms with Crippen LogP contribution in [0.25, 0.3) is 11.6 Å². The molecule has 0 amide bonds. The molecule has 2 aromatic carbocycles. The second-order valence-corrected chi connectivity index (χ2v) is 5.11. The van der Waals surface area contributed by atoms with Gasteiger partial charge in [0.25, 0.3) is 0 Å². The first kappa shape index (κ1) is 15.0. The monoisotopic (exact) mass is 280 g/mol. The molecule has 0 aliphatic heterocycles. The van der Waals surface area contributed by atoms with Gasteiger partial charge in [0, 0.05) is 0 Å². The molecule has 2 nitrogen and oxygen atoms in total. The van der Waals surface area contributed by atoms with E-state index in [0.29, 0.717) is 0 Å². The van der Waals surface area contributed by atoms with Gasteiger partial charge in [-0.05, 0) is 36.1 Å². The maximum Gasteiger partial charge on any atom is 0.312 e. The molecule has 21 heavy (non-hydrogen) atoms. The highest BCUT2D eigenvalue weighted by Gasteiger charge is 2.15. The molecule has 108 valence electrons. The Balaban J connectivity index is 2.28. The van der Waals surface area contributed by atoms with Crippen molar-refractivity contribution in [2.24, 2.45) is 0 Å². The number of carbonyl (C=O) groups is 1. The molecule has 0 unspecified atom stereocenters. The summed E-state index contributed by atoms with van der Waals surface area (Å²) in [5.74, 6) is -0.462. The highest BCUT2D eigenvalue weighted by atomic mass is 16.5. The van der Waals surface area contributed by atoms with Crippen molar-refractivity contribution in [2.75, 3.05) is 7.11 Å². The quantitative estimate of drug-likeness (QED) is 0.608. The van der Waals surface area contributed by atoms with Crippen molar-refractivity contribution in [3.63, 3.8) is 0 Å². The van der Waals surface area contributed by atoms with Crippen LogP contribution in [0.4, 0.5) is 0 Å². The Hall–Kier alpha value is -2.35. The Kier molecular flexibility index (Phi) is 4.94. The number of hydrogen-bond acceptors (Lipinski definition) is 2. The molecule has 2 rings (SSSR count). The van der Waals surface area contributed by atoms with Gasteiger partial charge in [-0.2, -0.15) is 0 Å². The number of allylic oxidation sites excluding steroid dienone is 1. The minimum atomic E-state index is -0.250. The molecular weight excluding hydrogens is 260 g/mol. The van der Waals surface area contributed by atoms with Crippen LogP contribution in [0, 0.1) is 0 Å². The third-order valence-corrected chi connectivity index (χ3v) is 3.58. The molecule has 0 fully saturated rings. The predicted molar refractivity (Wildman–Crippen MR) is 86.9 cm³/mol. The van der Waals surface area contributed by atoms with Crippen LogP contribution in [0.3, 0.4) is 0 Å². The molecule has 0 aromatic heterocycles. The topological polar surface area (TPSA) is 26.3 Å². The molecule has 0 bridgehead atoms. The molecule has 0 aliphatic rings. The van der Waals surface area contributed by atoms with E-state index in [1.54, 1.807) is 0 Å². The summed E-state index contributed by atoms with van der Waals surface area (Å²) in [5, 5.41) is 0. The lowest BCUT2D eigenvalue weighted by Gasteiger charge is -2.10. The first-order valence-electron chi connectivity index (χ1n) is 7.03. The molecule has 2 aromatic rings. The fourth-order valence-electron chi connectivity index (χ4n) is 2.27. The highest BCUT2D eigenvalue weighted by Crippen LogP contribution is 2.21. The molecule has 0 spiro atoms. The van der Waals surface area contributed by atoms with Gasteiger partial charge in [-0.3, -0.25) is 4.79 Å². The maximum absolute atomic E-state index is 11.6. The maximum atomic E-state index is 11.6. The Morgan fingerprint density at radius 1 is 1.10 bits per heavy atom. The van der Waals surface area contributed by atoms with Crippen LogP contribution in [-0.2, 0) is 9.53 Å². The van der Waals surface area contributed by atoms with E-state index in [0.717, 1.165) is 11.1 Å². The summed E-state index contributed by atoms with van der Waals surface area (Å²) in [6.45, 7) is 3.95. The predicted octanol–water partition coefficient (Wildman–Crippen LogP) is 4.52. The summed E-state index contributed by atoms with van der Waals surface area (Å²) in [7, 11) is 1.42. The van der Waals surface area contributed by atoms with Gasteiger partial charge in [-0.1, -0.05) is 60.7 Å². The number of hydrogen-bond donors (Lipinski definition) is 0. The van der Waals surface area contributed by atoms with Crippen molar-refractivity contribution in [1.29, 1.82) is 0 Å². The van der Waals surface area contributed by atoms with Gasteiger partial charge in [0.05, 0.1) is 13.0 Å². The summed E-state index contributed by atoms with van der Waals surface area (Å²) in [6.07, 6.45) is 2.13. The Labute approximate surface area is 126 Å². The molecule has 2 heteroatoms. The van der Waals surface area contributed by atoms with Crippen LogP contribution in [0.1, 0.15) is 36.5 Å². The summed E-state index contributed by atoms with van der Waals surface area (Å²) in [5.41, 5.74) is 4.45. The number of esters is 1. The highest BCUT2D eigenvalue weighted by molar-refractivity contribution is 5.81. The third kappa shape index (κ3) is 3.82. The molecule has 0 radical (unpaired) electrons. The lowest BCUT2D eigenvalue weighted by Crippen LogP contribution is -2.10. The number of ether oxygens (including phenoxy) is 1. The van der Waals surface area contributed by atoms with Gasteiger partial charge >= 0.3 is 5.97 Å². The van der Waals surface area contributed by atoms with Gasteiger partial charge in [0.2, 0.25) is 0 Å². The zero-order valence-corrected chi connectivity index (χ0v) is 12.7. The molecule has 0 aliphatic carbocycles. The number of benzene rings is 2. The van der Waals surface area contributed by atoms with E-state index in [2.05, 4.69) is 25.1 Å². The molecule has 0 N–H and O–H groups in total. The van der Waals surface area contributed by atoms with Crippen LogP contribution in [0.2, 0.25) is 0 Å². The Morgan fingerprint density at radius 2 is 1.81 bits per heavy atom. The first-order chi connectivity index (χ1) is 10.1. The normalized spacial score (nSPS) is 12.8. The minimum absolute atomic E-state index is 0.212. The van der Waals surface area contributed by atoms with Gasteiger partial charge < -0.3 is 4.74 Å². The van der Waals surface area contributed by atoms with E-state index in [4.69, 9.17) is 4.74 Å². The summed E-state index contributed by atoms with van der Waals surface area (Å²) in [6, 6.07) is 18.3. The van der Waals surface area contributed by atoms with Crippen LogP contribution in [0.5, 0.6) is 0 Å². The van der Waals surface area contributed by atoms with Crippen molar-refractivity contribution in [3.05, 3.63) is 71.3 Å². The average molecular weight is 280 g/mol. The van der Waals surface area contributed by atoms with E-state index in [9.17, 15) is 4.79 Å². The Morgan fingerprint density at radius 3 is 2.48 bits per heavy atom.